The first-order valence-corrected chi connectivity index (χ1v) is 10.2. The lowest BCUT2D eigenvalue weighted by Gasteiger charge is -2.09. The van der Waals surface area contributed by atoms with Crippen LogP contribution in [0.5, 0.6) is 0 Å². The minimum absolute atomic E-state index is 0.110. The molecule has 6 nitrogen and oxygen atoms in total. The fourth-order valence-corrected chi connectivity index (χ4v) is 4.48. The first-order valence-electron chi connectivity index (χ1n) is 8.74. The Hall–Kier alpha value is -3.40. The molecule has 3 heterocycles. The lowest BCUT2D eigenvalue weighted by molar-refractivity contribution is 0.145. The lowest BCUT2D eigenvalue weighted by Crippen LogP contribution is -2.14. The lowest BCUT2D eigenvalue weighted by atomic mass is 10.1. The molecule has 0 aliphatic rings. The molecular formula is C20H15F3N4O2S. The second-order valence-electron chi connectivity index (χ2n) is 6.49. The van der Waals surface area contributed by atoms with E-state index in [1.165, 1.54) is 41.1 Å². The zero-order chi connectivity index (χ0) is 21.5. The van der Waals surface area contributed by atoms with Crippen molar-refractivity contribution in [1.82, 2.24) is 18.7 Å². The van der Waals surface area contributed by atoms with Crippen LogP contribution in [0.2, 0.25) is 0 Å². The maximum atomic E-state index is 13.7. The highest BCUT2D eigenvalue weighted by molar-refractivity contribution is 7.90. The Morgan fingerprint density at radius 1 is 1.03 bits per heavy atom. The number of benzene rings is 1. The molecule has 0 spiro atoms. The Labute approximate surface area is 170 Å². The van der Waals surface area contributed by atoms with Crippen LogP contribution < -0.4 is 0 Å². The first-order chi connectivity index (χ1) is 14.3. The standard InChI is InChI=1S/C20H15F3N4O2S/c1-26-12-16(19(25-26)17-8-7-14(21)10-24-17)13-9-18(20(22)23)27(11-13)30(28,29)15-5-3-2-4-6-15/h2-12,20H,1H3. The molecule has 0 saturated carbocycles. The molecule has 0 bridgehead atoms. The topological polar surface area (TPSA) is 69.8 Å². The van der Waals surface area contributed by atoms with Crippen LogP contribution in [0.25, 0.3) is 22.5 Å². The summed E-state index contributed by atoms with van der Waals surface area (Å²) in [6, 6.07) is 11.0. The molecule has 1 aromatic carbocycles. The number of halogens is 3. The summed E-state index contributed by atoms with van der Waals surface area (Å²) in [5.41, 5.74) is 0.576. The Kier molecular flexibility index (Phi) is 4.94. The number of hydrogen-bond acceptors (Lipinski definition) is 4. The smallest absolute Gasteiger partial charge is 0.274 e. The molecule has 0 saturated heterocycles. The van der Waals surface area contributed by atoms with E-state index in [1.807, 2.05) is 0 Å². The molecule has 0 aliphatic carbocycles. The van der Waals surface area contributed by atoms with Crippen molar-refractivity contribution >= 4 is 10.0 Å². The van der Waals surface area contributed by atoms with Crippen LogP contribution in [-0.4, -0.2) is 27.2 Å². The Morgan fingerprint density at radius 3 is 2.40 bits per heavy atom. The van der Waals surface area contributed by atoms with Crippen molar-refractivity contribution < 1.29 is 21.6 Å². The van der Waals surface area contributed by atoms with Crippen molar-refractivity contribution in [3.63, 3.8) is 0 Å². The molecule has 30 heavy (non-hydrogen) atoms. The van der Waals surface area contributed by atoms with E-state index in [-0.39, 0.29) is 10.5 Å². The van der Waals surface area contributed by atoms with Gasteiger partial charge in [-0.3, -0.25) is 9.67 Å². The summed E-state index contributed by atoms with van der Waals surface area (Å²) in [5, 5.41) is 4.28. The Balaban J connectivity index is 1.89. The second-order valence-corrected chi connectivity index (χ2v) is 8.31. The third-order valence-electron chi connectivity index (χ3n) is 4.45. The summed E-state index contributed by atoms with van der Waals surface area (Å²) >= 11 is 0. The zero-order valence-corrected chi connectivity index (χ0v) is 16.4. The molecule has 4 rings (SSSR count). The van der Waals surface area contributed by atoms with E-state index in [0.29, 0.717) is 20.9 Å². The van der Waals surface area contributed by atoms with Gasteiger partial charge in [0.15, 0.2) is 0 Å². The number of rotatable bonds is 5. The van der Waals surface area contributed by atoms with Crippen LogP contribution in [0.3, 0.4) is 0 Å². The summed E-state index contributed by atoms with van der Waals surface area (Å²) < 4.78 is 68.6. The van der Waals surface area contributed by atoms with Crippen molar-refractivity contribution in [3.05, 3.63) is 78.6 Å². The molecule has 0 atom stereocenters. The van der Waals surface area contributed by atoms with Crippen LogP contribution in [0.4, 0.5) is 13.2 Å². The van der Waals surface area contributed by atoms with E-state index in [9.17, 15) is 21.6 Å². The molecule has 0 radical (unpaired) electrons. The van der Waals surface area contributed by atoms with E-state index < -0.39 is 28.0 Å². The summed E-state index contributed by atoms with van der Waals surface area (Å²) in [6.45, 7) is 0. The van der Waals surface area contributed by atoms with Gasteiger partial charge in [0.1, 0.15) is 17.2 Å². The van der Waals surface area contributed by atoms with Gasteiger partial charge in [0, 0.05) is 30.6 Å². The van der Waals surface area contributed by atoms with Crippen LogP contribution in [0.15, 0.2) is 72.0 Å². The molecule has 10 heteroatoms. The number of aryl methyl sites for hydroxylation is 1. The van der Waals surface area contributed by atoms with E-state index in [0.717, 1.165) is 18.5 Å². The van der Waals surface area contributed by atoms with E-state index in [1.54, 1.807) is 19.3 Å². The van der Waals surface area contributed by atoms with Crippen molar-refractivity contribution in [1.29, 1.82) is 0 Å². The third-order valence-corrected chi connectivity index (χ3v) is 6.15. The fourth-order valence-electron chi connectivity index (χ4n) is 3.09. The van der Waals surface area contributed by atoms with Gasteiger partial charge in [0.2, 0.25) is 0 Å². The molecule has 3 aromatic heterocycles. The zero-order valence-electron chi connectivity index (χ0n) is 15.6. The highest BCUT2D eigenvalue weighted by Crippen LogP contribution is 2.35. The minimum atomic E-state index is -4.23. The Bertz CT molecular complexity index is 1300. The average molecular weight is 432 g/mol. The molecule has 0 unspecified atom stereocenters. The molecular weight excluding hydrogens is 417 g/mol. The summed E-state index contributed by atoms with van der Waals surface area (Å²) in [7, 11) is -2.61. The van der Waals surface area contributed by atoms with Crippen molar-refractivity contribution in [2.24, 2.45) is 7.05 Å². The fraction of sp³-hybridized carbons (Fsp3) is 0.100. The van der Waals surface area contributed by atoms with Gasteiger partial charge in [-0.2, -0.15) is 5.10 Å². The van der Waals surface area contributed by atoms with Crippen molar-refractivity contribution in [2.45, 2.75) is 11.3 Å². The van der Waals surface area contributed by atoms with Gasteiger partial charge < -0.3 is 0 Å². The van der Waals surface area contributed by atoms with Gasteiger partial charge in [-0.1, -0.05) is 18.2 Å². The summed E-state index contributed by atoms with van der Waals surface area (Å²) in [6.07, 6.45) is 0.683. The maximum Gasteiger partial charge on any atom is 0.279 e. The highest BCUT2D eigenvalue weighted by atomic mass is 32.2. The third kappa shape index (κ3) is 3.50. The van der Waals surface area contributed by atoms with Crippen LogP contribution in [0, 0.1) is 5.82 Å². The SMILES string of the molecule is Cn1cc(-c2cc(C(F)F)n(S(=O)(=O)c3ccccc3)c2)c(-c2ccc(F)cn2)n1. The number of pyridine rings is 1. The van der Waals surface area contributed by atoms with Crippen LogP contribution in [0.1, 0.15) is 12.1 Å². The minimum Gasteiger partial charge on any atom is -0.274 e. The van der Waals surface area contributed by atoms with E-state index in [2.05, 4.69) is 10.1 Å². The number of hydrogen-bond donors (Lipinski definition) is 0. The van der Waals surface area contributed by atoms with Gasteiger partial charge in [-0.15, -0.1) is 0 Å². The van der Waals surface area contributed by atoms with Gasteiger partial charge in [0.05, 0.1) is 16.8 Å². The molecule has 4 aromatic rings. The number of aromatic nitrogens is 4. The molecule has 0 aliphatic heterocycles. The molecule has 0 amide bonds. The largest absolute Gasteiger partial charge is 0.279 e. The molecule has 0 N–H and O–H groups in total. The van der Waals surface area contributed by atoms with Crippen molar-refractivity contribution in [3.8, 4) is 22.5 Å². The van der Waals surface area contributed by atoms with Gasteiger partial charge >= 0.3 is 0 Å². The summed E-state index contributed by atoms with van der Waals surface area (Å²) in [4.78, 5) is 3.87. The second kappa shape index (κ2) is 7.45. The van der Waals surface area contributed by atoms with Gasteiger partial charge in [0.25, 0.3) is 16.4 Å². The summed E-state index contributed by atoms with van der Waals surface area (Å²) in [5.74, 6) is -0.531. The average Bonchev–Trinajstić information content (AvgIpc) is 3.34. The van der Waals surface area contributed by atoms with Crippen molar-refractivity contribution in [2.75, 3.05) is 0 Å². The quantitative estimate of drug-likeness (QED) is 0.472. The van der Waals surface area contributed by atoms with E-state index >= 15 is 0 Å². The maximum absolute atomic E-state index is 13.7. The monoisotopic (exact) mass is 432 g/mol. The Morgan fingerprint density at radius 2 is 1.77 bits per heavy atom. The van der Waals surface area contributed by atoms with Crippen LogP contribution >= 0.6 is 0 Å². The van der Waals surface area contributed by atoms with E-state index in [4.69, 9.17) is 0 Å². The predicted molar refractivity (Wildman–Crippen MR) is 104 cm³/mol. The highest BCUT2D eigenvalue weighted by Gasteiger charge is 2.27. The first kappa shape index (κ1) is 19.9. The predicted octanol–water partition coefficient (Wildman–Crippen LogP) is 4.26. The van der Waals surface area contributed by atoms with Gasteiger partial charge in [-0.05, 0) is 30.3 Å². The molecule has 154 valence electrons. The normalized spacial score (nSPS) is 11.9. The van der Waals surface area contributed by atoms with Crippen LogP contribution in [-0.2, 0) is 17.1 Å². The molecule has 0 fully saturated rings. The number of nitrogens with zero attached hydrogens (tertiary/aromatic N) is 4. The van der Waals surface area contributed by atoms with Gasteiger partial charge in [-0.25, -0.2) is 25.6 Å². The number of alkyl halides is 2.